The molecule has 0 saturated carbocycles. The Balaban J connectivity index is 2.60. The van der Waals surface area contributed by atoms with Crippen molar-refractivity contribution >= 4 is 6.29 Å². The van der Waals surface area contributed by atoms with Crippen molar-refractivity contribution in [2.75, 3.05) is 0 Å². The molecule has 0 N–H and O–H groups in total. The second-order valence-electron chi connectivity index (χ2n) is 3.69. The topological polar surface area (TPSA) is 74.5 Å². The van der Waals surface area contributed by atoms with Gasteiger partial charge in [-0.2, -0.15) is 10.5 Å². The minimum absolute atomic E-state index is 0.224. The quantitative estimate of drug-likeness (QED) is 0.758. The summed E-state index contributed by atoms with van der Waals surface area (Å²) in [4.78, 5) is 11.0. The zero-order chi connectivity index (χ0) is 13.0. The maximum Gasteiger partial charge on any atom is 0.168 e. The molecular formula is C13H10N4O. The molecule has 0 aliphatic rings. The van der Waals surface area contributed by atoms with Crippen molar-refractivity contribution in [3.8, 4) is 12.1 Å². The smallest absolute Gasteiger partial charge is 0.168 e. The Hall–Kier alpha value is -2.79. The molecule has 0 unspecified atom stereocenters. The molecule has 0 bridgehead atoms. The Kier molecular flexibility index (Phi) is 3.26. The van der Waals surface area contributed by atoms with Crippen molar-refractivity contribution in [2.45, 2.75) is 12.8 Å². The van der Waals surface area contributed by atoms with Crippen LogP contribution < -0.4 is 0 Å². The van der Waals surface area contributed by atoms with Gasteiger partial charge in [0, 0.05) is 6.20 Å². The van der Waals surface area contributed by atoms with Crippen molar-refractivity contribution in [2.24, 2.45) is 0 Å². The van der Waals surface area contributed by atoms with Gasteiger partial charge in [-0.3, -0.25) is 14.1 Å². The predicted molar refractivity (Wildman–Crippen MR) is 63.7 cm³/mol. The lowest BCUT2D eigenvalue weighted by Gasteiger charge is -2.13. The van der Waals surface area contributed by atoms with Crippen LogP contribution in [0.25, 0.3) is 0 Å². The van der Waals surface area contributed by atoms with E-state index in [-0.39, 0.29) is 12.8 Å². The van der Waals surface area contributed by atoms with E-state index in [1.807, 2.05) is 0 Å². The van der Waals surface area contributed by atoms with Gasteiger partial charge in [0.25, 0.3) is 0 Å². The minimum Gasteiger partial charge on any atom is -0.296 e. The van der Waals surface area contributed by atoms with Gasteiger partial charge in [0.2, 0.25) is 0 Å². The van der Waals surface area contributed by atoms with E-state index >= 15 is 0 Å². The molecule has 0 aromatic carbocycles. The SMILES string of the molecule is N#CCc1ccc(CC#N)n1-n1cccc1C=O. The molecule has 88 valence electrons. The second-order valence-corrected chi connectivity index (χ2v) is 3.69. The average molecular weight is 238 g/mol. The summed E-state index contributed by atoms with van der Waals surface area (Å²) in [5.41, 5.74) is 1.98. The Morgan fingerprint density at radius 3 is 2.22 bits per heavy atom. The summed E-state index contributed by atoms with van der Waals surface area (Å²) in [5.74, 6) is 0. The molecule has 0 aliphatic carbocycles. The van der Waals surface area contributed by atoms with Crippen molar-refractivity contribution in [1.29, 1.82) is 10.5 Å². The lowest BCUT2D eigenvalue weighted by atomic mass is 10.3. The van der Waals surface area contributed by atoms with E-state index in [0.717, 1.165) is 17.7 Å². The molecule has 0 spiro atoms. The lowest BCUT2D eigenvalue weighted by molar-refractivity contribution is 0.111. The molecule has 0 aliphatic heterocycles. The highest BCUT2D eigenvalue weighted by atomic mass is 16.1. The van der Waals surface area contributed by atoms with Crippen LogP contribution in [0.15, 0.2) is 30.5 Å². The van der Waals surface area contributed by atoms with E-state index in [9.17, 15) is 4.79 Å². The summed E-state index contributed by atoms with van der Waals surface area (Å²) < 4.78 is 3.38. The normalized spacial score (nSPS) is 9.67. The number of nitriles is 2. The van der Waals surface area contributed by atoms with Gasteiger partial charge in [0.1, 0.15) is 5.69 Å². The molecular weight excluding hydrogens is 228 g/mol. The minimum atomic E-state index is 0.224. The standard InChI is InChI=1S/C13H10N4O/c14-7-5-11-3-4-12(6-8-15)17(11)16-9-1-2-13(16)10-18/h1-4,9-10H,5-6H2. The van der Waals surface area contributed by atoms with Gasteiger partial charge >= 0.3 is 0 Å². The van der Waals surface area contributed by atoms with E-state index in [2.05, 4.69) is 12.1 Å². The third kappa shape index (κ3) is 1.90. The number of rotatable bonds is 4. The van der Waals surface area contributed by atoms with Crippen LogP contribution >= 0.6 is 0 Å². The van der Waals surface area contributed by atoms with Crippen LogP contribution in [0.4, 0.5) is 0 Å². The van der Waals surface area contributed by atoms with Crippen LogP contribution in [-0.4, -0.2) is 15.6 Å². The van der Waals surface area contributed by atoms with E-state index in [1.54, 1.807) is 39.8 Å². The summed E-state index contributed by atoms with van der Waals surface area (Å²) in [6.07, 6.45) is 2.92. The molecule has 5 nitrogen and oxygen atoms in total. The van der Waals surface area contributed by atoms with Gasteiger partial charge in [0.05, 0.1) is 36.4 Å². The summed E-state index contributed by atoms with van der Waals surface area (Å²) in [6, 6.07) is 11.2. The van der Waals surface area contributed by atoms with Gasteiger partial charge in [-0.05, 0) is 24.3 Å². The highest BCUT2D eigenvalue weighted by Gasteiger charge is 2.11. The molecule has 0 fully saturated rings. The lowest BCUT2D eigenvalue weighted by Crippen LogP contribution is -2.16. The Bertz CT molecular complexity index is 618. The third-order valence-corrected chi connectivity index (χ3v) is 2.63. The van der Waals surface area contributed by atoms with Crippen LogP contribution in [0.2, 0.25) is 0 Å². The largest absolute Gasteiger partial charge is 0.296 e. The Morgan fingerprint density at radius 1 is 1.11 bits per heavy atom. The molecule has 5 heteroatoms. The first-order valence-electron chi connectivity index (χ1n) is 5.38. The fourth-order valence-corrected chi connectivity index (χ4v) is 1.89. The van der Waals surface area contributed by atoms with E-state index in [4.69, 9.17) is 10.5 Å². The molecule has 18 heavy (non-hydrogen) atoms. The molecule has 0 amide bonds. The van der Waals surface area contributed by atoms with Gasteiger partial charge < -0.3 is 0 Å². The van der Waals surface area contributed by atoms with E-state index in [0.29, 0.717) is 5.69 Å². The van der Waals surface area contributed by atoms with Crippen LogP contribution in [-0.2, 0) is 12.8 Å². The van der Waals surface area contributed by atoms with Crippen molar-refractivity contribution in [1.82, 2.24) is 9.35 Å². The summed E-state index contributed by atoms with van der Waals surface area (Å²) in [5, 5.41) is 17.6. The number of hydrogen-bond acceptors (Lipinski definition) is 3. The van der Waals surface area contributed by atoms with Gasteiger partial charge in [-0.1, -0.05) is 0 Å². The van der Waals surface area contributed by atoms with Crippen molar-refractivity contribution in [3.05, 3.63) is 47.5 Å². The molecule has 2 aromatic rings. The van der Waals surface area contributed by atoms with Crippen LogP contribution in [0.5, 0.6) is 0 Å². The molecule has 2 aromatic heterocycles. The summed E-state index contributed by atoms with van der Waals surface area (Å²) in [7, 11) is 0. The highest BCUT2D eigenvalue weighted by Crippen LogP contribution is 2.13. The van der Waals surface area contributed by atoms with Crippen LogP contribution in [0.1, 0.15) is 21.9 Å². The van der Waals surface area contributed by atoms with Gasteiger partial charge in [-0.25, -0.2) is 0 Å². The fraction of sp³-hybridized carbons (Fsp3) is 0.154. The fourth-order valence-electron chi connectivity index (χ4n) is 1.89. The number of aromatic nitrogens is 2. The highest BCUT2D eigenvalue weighted by molar-refractivity contribution is 5.72. The molecule has 2 heterocycles. The molecule has 0 saturated heterocycles. The van der Waals surface area contributed by atoms with Crippen molar-refractivity contribution in [3.63, 3.8) is 0 Å². The first-order chi connectivity index (χ1) is 8.81. The molecule has 0 radical (unpaired) electrons. The number of carbonyl (C=O) groups excluding carboxylic acids is 1. The average Bonchev–Trinajstić information content (AvgIpc) is 2.96. The van der Waals surface area contributed by atoms with Gasteiger partial charge in [0.15, 0.2) is 6.29 Å². The number of carbonyl (C=O) groups is 1. The first kappa shape index (κ1) is 11.7. The number of hydrogen-bond donors (Lipinski definition) is 0. The number of aldehydes is 1. The first-order valence-corrected chi connectivity index (χ1v) is 5.38. The van der Waals surface area contributed by atoms with Gasteiger partial charge in [-0.15, -0.1) is 0 Å². The monoisotopic (exact) mass is 238 g/mol. The maximum absolute atomic E-state index is 11.0. The molecule has 0 atom stereocenters. The van der Waals surface area contributed by atoms with Crippen LogP contribution in [0.3, 0.4) is 0 Å². The zero-order valence-corrected chi connectivity index (χ0v) is 9.58. The Morgan fingerprint density at radius 2 is 1.72 bits per heavy atom. The van der Waals surface area contributed by atoms with E-state index in [1.165, 1.54) is 0 Å². The third-order valence-electron chi connectivity index (χ3n) is 2.63. The van der Waals surface area contributed by atoms with Crippen LogP contribution in [0, 0.1) is 22.7 Å². The zero-order valence-electron chi connectivity index (χ0n) is 9.58. The molecule has 2 rings (SSSR count). The maximum atomic E-state index is 11.0. The predicted octanol–water partition coefficient (Wildman–Crippen LogP) is 1.55. The number of nitrogens with zero attached hydrogens (tertiary/aromatic N) is 4. The van der Waals surface area contributed by atoms with Crippen molar-refractivity contribution < 1.29 is 4.79 Å². The van der Waals surface area contributed by atoms with E-state index < -0.39 is 0 Å². The second kappa shape index (κ2) is 5.03. The summed E-state index contributed by atoms with van der Waals surface area (Å²) in [6.45, 7) is 0. The Labute approximate surface area is 104 Å². The summed E-state index contributed by atoms with van der Waals surface area (Å²) >= 11 is 0.